The summed E-state index contributed by atoms with van der Waals surface area (Å²) in [5.74, 6) is 0. The zero-order valence-electron chi connectivity index (χ0n) is 13.1. The topological polar surface area (TPSA) is 15.6 Å². The third-order valence-electron chi connectivity index (χ3n) is 3.64. The summed E-state index contributed by atoms with van der Waals surface area (Å²) in [4.78, 5) is 6.48. The van der Waals surface area contributed by atoms with Crippen LogP contribution in [0.3, 0.4) is 0 Å². The molecular weight excluding hydrogens is 360 g/mol. The van der Waals surface area contributed by atoms with E-state index in [9.17, 15) is 0 Å². The van der Waals surface area contributed by atoms with Gasteiger partial charge in [-0.3, -0.25) is 0 Å². The molecule has 0 saturated heterocycles. The van der Waals surface area contributed by atoms with Crippen LogP contribution in [0.25, 0.3) is 0 Å². The van der Waals surface area contributed by atoms with E-state index >= 15 is 0 Å². The molecule has 0 aliphatic rings. The van der Waals surface area contributed by atoms with Crippen molar-refractivity contribution in [3.8, 4) is 0 Å². The molecule has 0 unspecified atom stereocenters. The molecular formula is C18H20BrClN2. The van der Waals surface area contributed by atoms with Crippen molar-refractivity contribution < 1.29 is 0 Å². The average molecular weight is 380 g/mol. The Morgan fingerprint density at radius 1 is 1.23 bits per heavy atom. The van der Waals surface area contributed by atoms with E-state index in [0.29, 0.717) is 5.02 Å². The Kier molecular flexibility index (Phi) is 6.04. The molecule has 2 rings (SSSR count). The molecule has 0 saturated carbocycles. The van der Waals surface area contributed by atoms with Gasteiger partial charge in [-0.15, -0.1) is 0 Å². The number of aliphatic imine (C=N–C) groups is 1. The van der Waals surface area contributed by atoms with E-state index in [0.717, 1.165) is 23.1 Å². The van der Waals surface area contributed by atoms with Gasteiger partial charge in [-0.05, 0) is 55.2 Å². The number of hydrogen-bond donors (Lipinski definition) is 0. The fourth-order valence-electron chi connectivity index (χ4n) is 2.09. The first-order chi connectivity index (χ1) is 10.5. The van der Waals surface area contributed by atoms with Gasteiger partial charge in [0.15, 0.2) is 0 Å². The molecule has 0 radical (unpaired) electrons. The van der Waals surface area contributed by atoms with Gasteiger partial charge in [0.2, 0.25) is 0 Å². The van der Waals surface area contributed by atoms with Gasteiger partial charge in [0, 0.05) is 18.1 Å². The van der Waals surface area contributed by atoms with Gasteiger partial charge in [-0.25, -0.2) is 4.99 Å². The first-order valence-corrected chi connectivity index (χ1v) is 8.45. The van der Waals surface area contributed by atoms with E-state index in [1.807, 2.05) is 30.4 Å². The SMILES string of the molecule is CCN(C)C=Nc1cc(C)c(Cc2ccccc2Br)cc1Cl. The monoisotopic (exact) mass is 378 g/mol. The maximum Gasteiger partial charge on any atom is 0.0910 e. The van der Waals surface area contributed by atoms with Gasteiger partial charge >= 0.3 is 0 Å². The summed E-state index contributed by atoms with van der Waals surface area (Å²) >= 11 is 9.99. The van der Waals surface area contributed by atoms with Crippen LogP contribution in [0.15, 0.2) is 45.9 Å². The smallest absolute Gasteiger partial charge is 0.0910 e. The molecule has 0 fully saturated rings. The van der Waals surface area contributed by atoms with Crippen molar-refractivity contribution in [3.05, 3.63) is 62.6 Å². The number of hydrogen-bond acceptors (Lipinski definition) is 1. The highest BCUT2D eigenvalue weighted by Crippen LogP contribution is 2.30. The number of halogens is 2. The van der Waals surface area contributed by atoms with Crippen molar-refractivity contribution in [1.29, 1.82) is 0 Å². The standard InChI is InChI=1S/C18H20BrClN2/c1-4-22(3)12-21-18-9-13(2)15(11-17(18)20)10-14-7-5-6-8-16(14)19/h5-9,11-12H,4,10H2,1-3H3. The van der Waals surface area contributed by atoms with E-state index in [-0.39, 0.29) is 0 Å². The first kappa shape index (κ1) is 17.0. The lowest BCUT2D eigenvalue weighted by Gasteiger charge is -2.12. The van der Waals surface area contributed by atoms with E-state index in [2.05, 4.69) is 59.0 Å². The second kappa shape index (κ2) is 7.80. The lowest BCUT2D eigenvalue weighted by Crippen LogP contribution is -2.14. The van der Waals surface area contributed by atoms with E-state index < -0.39 is 0 Å². The zero-order valence-corrected chi connectivity index (χ0v) is 15.4. The van der Waals surface area contributed by atoms with Crippen LogP contribution < -0.4 is 0 Å². The molecule has 0 spiro atoms. The Labute approximate surface area is 146 Å². The molecule has 0 amide bonds. The number of nitrogens with zero attached hydrogens (tertiary/aromatic N) is 2. The van der Waals surface area contributed by atoms with E-state index in [1.54, 1.807) is 0 Å². The molecule has 0 heterocycles. The Hall–Kier alpha value is -1.32. The quantitative estimate of drug-likeness (QED) is 0.487. The van der Waals surface area contributed by atoms with E-state index in [4.69, 9.17) is 11.6 Å². The zero-order chi connectivity index (χ0) is 16.1. The van der Waals surface area contributed by atoms with Crippen molar-refractivity contribution in [3.63, 3.8) is 0 Å². The molecule has 0 N–H and O–H groups in total. The predicted octanol–water partition coefficient (Wildman–Crippen LogP) is 5.61. The summed E-state index contributed by atoms with van der Waals surface area (Å²) in [6.07, 6.45) is 2.67. The summed E-state index contributed by atoms with van der Waals surface area (Å²) < 4.78 is 1.12. The summed E-state index contributed by atoms with van der Waals surface area (Å²) in [6, 6.07) is 12.3. The second-order valence-corrected chi connectivity index (χ2v) is 6.58. The minimum absolute atomic E-state index is 0.688. The molecule has 22 heavy (non-hydrogen) atoms. The molecule has 2 aromatic carbocycles. The van der Waals surface area contributed by atoms with Crippen LogP contribution in [-0.4, -0.2) is 24.8 Å². The van der Waals surface area contributed by atoms with Crippen LogP contribution in [0.1, 0.15) is 23.6 Å². The van der Waals surface area contributed by atoms with Gasteiger partial charge in [-0.2, -0.15) is 0 Å². The maximum absolute atomic E-state index is 6.39. The van der Waals surface area contributed by atoms with Crippen molar-refractivity contribution in [2.75, 3.05) is 13.6 Å². The Morgan fingerprint density at radius 2 is 1.95 bits per heavy atom. The van der Waals surface area contributed by atoms with Crippen LogP contribution in [0, 0.1) is 6.92 Å². The fourth-order valence-corrected chi connectivity index (χ4v) is 2.75. The Balaban J connectivity index is 2.27. The number of benzene rings is 2. The first-order valence-electron chi connectivity index (χ1n) is 7.28. The van der Waals surface area contributed by atoms with Crippen LogP contribution in [0.2, 0.25) is 5.02 Å². The largest absolute Gasteiger partial charge is 0.366 e. The minimum atomic E-state index is 0.688. The van der Waals surface area contributed by atoms with Crippen molar-refractivity contribution >= 4 is 39.6 Å². The maximum atomic E-state index is 6.39. The van der Waals surface area contributed by atoms with Crippen molar-refractivity contribution in [2.24, 2.45) is 4.99 Å². The van der Waals surface area contributed by atoms with Gasteiger partial charge in [0.05, 0.1) is 17.0 Å². The lowest BCUT2D eigenvalue weighted by atomic mass is 10.00. The minimum Gasteiger partial charge on any atom is -0.366 e. The summed E-state index contributed by atoms with van der Waals surface area (Å²) in [5.41, 5.74) is 4.49. The molecule has 2 aromatic rings. The normalized spacial score (nSPS) is 11.1. The van der Waals surface area contributed by atoms with Gasteiger partial charge in [-0.1, -0.05) is 45.7 Å². The van der Waals surface area contributed by atoms with E-state index in [1.165, 1.54) is 16.7 Å². The molecule has 0 atom stereocenters. The second-order valence-electron chi connectivity index (χ2n) is 5.32. The Bertz CT molecular complexity index is 683. The Morgan fingerprint density at radius 3 is 2.64 bits per heavy atom. The molecule has 0 aromatic heterocycles. The van der Waals surface area contributed by atoms with Crippen LogP contribution >= 0.6 is 27.5 Å². The predicted molar refractivity (Wildman–Crippen MR) is 99.6 cm³/mol. The van der Waals surface area contributed by atoms with Crippen LogP contribution in [0.5, 0.6) is 0 Å². The lowest BCUT2D eigenvalue weighted by molar-refractivity contribution is 0.552. The summed E-state index contributed by atoms with van der Waals surface area (Å²) in [5, 5.41) is 0.688. The van der Waals surface area contributed by atoms with Crippen molar-refractivity contribution in [2.45, 2.75) is 20.3 Å². The van der Waals surface area contributed by atoms with Crippen molar-refractivity contribution in [1.82, 2.24) is 4.90 Å². The third-order valence-corrected chi connectivity index (χ3v) is 4.71. The summed E-state index contributed by atoms with van der Waals surface area (Å²) in [6.45, 7) is 5.10. The molecule has 2 nitrogen and oxygen atoms in total. The van der Waals surface area contributed by atoms with Gasteiger partial charge in [0.25, 0.3) is 0 Å². The molecule has 116 valence electrons. The number of rotatable bonds is 5. The molecule has 0 aliphatic carbocycles. The molecule has 0 bridgehead atoms. The fraction of sp³-hybridized carbons (Fsp3) is 0.278. The average Bonchev–Trinajstić information content (AvgIpc) is 2.51. The highest BCUT2D eigenvalue weighted by atomic mass is 79.9. The number of aryl methyl sites for hydroxylation is 1. The summed E-state index contributed by atoms with van der Waals surface area (Å²) in [7, 11) is 1.99. The highest BCUT2D eigenvalue weighted by molar-refractivity contribution is 9.10. The van der Waals surface area contributed by atoms with Gasteiger partial charge < -0.3 is 4.90 Å². The van der Waals surface area contributed by atoms with Crippen LogP contribution in [-0.2, 0) is 6.42 Å². The third kappa shape index (κ3) is 4.34. The molecule has 4 heteroatoms. The van der Waals surface area contributed by atoms with Gasteiger partial charge in [0.1, 0.15) is 0 Å². The molecule has 0 aliphatic heterocycles. The highest BCUT2D eigenvalue weighted by Gasteiger charge is 2.08. The van der Waals surface area contributed by atoms with Crippen LogP contribution in [0.4, 0.5) is 5.69 Å².